The molecule has 96 valence electrons. The van der Waals surface area contributed by atoms with Crippen LogP contribution in [0, 0.1) is 5.82 Å². The molecule has 1 heterocycles. The van der Waals surface area contributed by atoms with Gasteiger partial charge in [-0.15, -0.1) is 11.3 Å². The highest BCUT2D eigenvalue weighted by atomic mass is 79.9. The van der Waals surface area contributed by atoms with Crippen LogP contribution in [0.3, 0.4) is 0 Å². The van der Waals surface area contributed by atoms with Crippen LogP contribution in [0.25, 0.3) is 0 Å². The van der Waals surface area contributed by atoms with Gasteiger partial charge in [-0.25, -0.2) is 4.39 Å². The quantitative estimate of drug-likeness (QED) is 0.920. The zero-order chi connectivity index (χ0) is 13.1. The summed E-state index contributed by atoms with van der Waals surface area (Å²) in [6, 6.07) is 6.39. The smallest absolute Gasteiger partial charge is 0.132 e. The zero-order valence-electron chi connectivity index (χ0n) is 9.69. The standard InChI is InChI=1S/C13H12BrFO2S/c1-17-8-2-3-9(11(15)6-8)12(16)7-13-10(14)4-5-18-13/h2-6,12,16H,7H2,1H3. The number of thiophene rings is 1. The molecule has 0 spiro atoms. The third-order valence-corrected chi connectivity index (χ3v) is 4.59. The zero-order valence-corrected chi connectivity index (χ0v) is 12.1. The normalized spacial score (nSPS) is 12.4. The Kier molecular flexibility index (Phi) is 4.37. The van der Waals surface area contributed by atoms with Gasteiger partial charge in [0.15, 0.2) is 0 Å². The minimum absolute atomic E-state index is 0.288. The summed E-state index contributed by atoms with van der Waals surface area (Å²) in [5, 5.41) is 12.0. The molecule has 1 aromatic carbocycles. The van der Waals surface area contributed by atoms with Crippen molar-refractivity contribution in [3.8, 4) is 5.75 Å². The minimum atomic E-state index is -0.856. The molecule has 0 radical (unpaired) electrons. The fourth-order valence-corrected chi connectivity index (χ4v) is 3.21. The predicted molar refractivity (Wildman–Crippen MR) is 73.6 cm³/mol. The molecular formula is C13H12BrFO2S. The fourth-order valence-electron chi connectivity index (χ4n) is 1.66. The highest BCUT2D eigenvalue weighted by Crippen LogP contribution is 2.30. The van der Waals surface area contributed by atoms with E-state index in [2.05, 4.69) is 15.9 Å². The number of aliphatic hydroxyl groups excluding tert-OH is 1. The molecule has 0 aliphatic heterocycles. The van der Waals surface area contributed by atoms with E-state index in [9.17, 15) is 9.50 Å². The van der Waals surface area contributed by atoms with Crippen molar-refractivity contribution < 1.29 is 14.2 Å². The van der Waals surface area contributed by atoms with Gasteiger partial charge in [-0.2, -0.15) is 0 Å². The third-order valence-electron chi connectivity index (χ3n) is 2.64. The van der Waals surface area contributed by atoms with Crippen LogP contribution in [0.5, 0.6) is 5.75 Å². The number of hydrogen-bond acceptors (Lipinski definition) is 3. The van der Waals surface area contributed by atoms with Crippen LogP contribution in [-0.2, 0) is 6.42 Å². The van der Waals surface area contributed by atoms with Crippen LogP contribution in [0.15, 0.2) is 34.1 Å². The number of aliphatic hydroxyl groups is 1. The molecule has 1 atom stereocenters. The van der Waals surface area contributed by atoms with Gasteiger partial charge in [-0.1, -0.05) is 0 Å². The molecule has 5 heteroatoms. The Morgan fingerprint density at radius 1 is 1.44 bits per heavy atom. The summed E-state index contributed by atoms with van der Waals surface area (Å²) in [4.78, 5) is 0.998. The average molecular weight is 331 g/mol. The second-order valence-corrected chi connectivity index (χ2v) is 5.65. The Morgan fingerprint density at radius 2 is 2.22 bits per heavy atom. The highest BCUT2D eigenvalue weighted by molar-refractivity contribution is 9.10. The molecule has 2 rings (SSSR count). The van der Waals surface area contributed by atoms with Gasteiger partial charge < -0.3 is 9.84 Å². The van der Waals surface area contributed by atoms with Gasteiger partial charge in [0.2, 0.25) is 0 Å². The van der Waals surface area contributed by atoms with Crippen molar-refractivity contribution in [3.63, 3.8) is 0 Å². The van der Waals surface area contributed by atoms with Crippen LogP contribution < -0.4 is 4.74 Å². The van der Waals surface area contributed by atoms with Gasteiger partial charge >= 0.3 is 0 Å². The molecular weight excluding hydrogens is 319 g/mol. The fraction of sp³-hybridized carbons (Fsp3) is 0.231. The van der Waals surface area contributed by atoms with Crippen LogP contribution >= 0.6 is 27.3 Å². The molecule has 0 bridgehead atoms. The first-order chi connectivity index (χ1) is 8.61. The average Bonchev–Trinajstić information content (AvgIpc) is 2.74. The van der Waals surface area contributed by atoms with Gasteiger partial charge in [0.05, 0.1) is 13.2 Å². The number of hydrogen-bond donors (Lipinski definition) is 1. The largest absolute Gasteiger partial charge is 0.497 e. The molecule has 0 amide bonds. The van der Waals surface area contributed by atoms with E-state index in [1.54, 1.807) is 12.1 Å². The molecule has 0 aliphatic rings. The first-order valence-corrected chi connectivity index (χ1v) is 7.02. The summed E-state index contributed by atoms with van der Waals surface area (Å²) in [7, 11) is 1.48. The van der Waals surface area contributed by atoms with E-state index in [4.69, 9.17) is 4.74 Å². The lowest BCUT2D eigenvalue weighted by Gasteiger charge is -2.12. The van der Waals surface area contributed by atoms with Gasteiger partial charge in [0, 0.05) is 27.4 Å². The van der Waals surface area contributed by atoms with Crippen molar-refractivity contribution in [2.75, 3.05) is 7.11 Å². The van der Waals surface area contributed by atoms with Gasteiger partial charge in [-0.05, 0) is 39.5 Å². The van der Waals surface area contributed by atoms with E-state index in [0.717, 1.165) is 9.35 Å². The maximum atomic E-state index is 13.8. The Labute approximate surface area is 117 Å². The Morgan fingerprint density at radius 3 is 2.78 bits per heavy atom. The summed E-state index contributed by atoms with van der Waals surface area (Å²) < 4.78 is 19.6. The first-order valence-electron chi connectivity index (χ1n) is 5.35. The molecule has 0 saturated carbocycles. The Bertz CT molecular complexity index is 542. The number of ether oxygens (including phenoxy) is 1. The minimum Gasteiger partial charge on any atom is -0.497 e. The topological polar surface area (TPSA) is 29.5 Å². The van der Waals surface area contributed by atoms with E-state index in [1.807, 2.05) is 11.4 Å². The molecule has 18 heavy (non-hydrogen) atoms. The SMILES string of the molecule is COc1ccc(C(O)Cc2sccc2Br)c(F)c1. The summed E-state index contributed by atoms with van der Waals surface area (Å²) in [6.45, 7) is 0. The second-order valence-electron chi connectivity index (χ2n) is 3.80. The number of halogens is 2. The van der Waals surface area contributed by atoms with Crippen molar-refractivity contribution >= 4 is 27.3 Å². The van der Waals surface area contributed by atoms with Gasteiger partial charge in [0.25, 0.3) is 0 Å². The van der Waals surface area contributed by atoms with E-state index < -0.39 is 11.9 Å². The predicted octanol–water partition coefficient (Wildman–Crippen LogP) is 3.93. The first kappa shape index (κ1) is 13.5. The van der Waals surface area contributed by atoms with Crippen LogP contribution in [-0.4, -0.2) is 12.2 Å². The molecule has 2 aromatic rings. The van der Waals surface area contributed by atoms with Crippen molar-refractivity contribution in [2.24, 2.45) is 0 Å². The molecule has 2 nitrogen and oxygen atoms in total. The lowest BCUT2D eigenvalue weighted by Crippen LogP contribution is -2.04. The maximum absolute atomic E-state index is 13.8. The van der Waals surface area contributed by atoms with Crippen LogP contribution in [0.4, 0.5) is 4.39 Å². The van der Waals surface area contributed by atoms with E-state index in [-0.39, 0.29) is 5.56 Å². The summed E-state index contributed by atoms with van der Waals surface area (Å²) >= 11 is 4.93. The van der Waals surface area contributed by atoms with Crippen molar-refractivity contribution in [1.82, 2.24) is 0 Å². The van der Waals surface area contributed by atoms with E-state index in [0.29, 0.717) is 12.2 Å². The Balaban J connectivity index is 2.19. The molecule has 0 saturated heterocycles. The molecule has 1 unspecified atom stereocenters. The van der Waals surface area contributed by atoms with Crippen LogP contribution in [0.1, 0.15) is 16.5 Å². The summed E-state index contributed by atoms with van der Waals surface area (Å²) in [6.07, 6.45) is -0.465. The second kappa shape index (κ2) is 5.82. The number of rotatable bonds is 4. The lowest BCUT2D eigenvalue weighted by molar-refractivity contribution is 0.174. The summed E-state index contributed by atoms with van der Waals surface area (Å²) in [5.74, 6) is -0.00437. The molecule has 1 aromatic heterocycles. The van der Waals surface area contributed by atoms with Crippen molar-refractivity contribution in [1.29, 1.82) is 0 Å². The van der Waals surface area contributed by atoms with Crippen molar-refractivity contribution in [2.45, 2.75) is 12.5 Å². The highest BCUT2D eigenvalue weighted by Gasteiger charge is 2.16. The Hall–Kier alpha value is -0.910. The van der Waals surface area contributed by atoms with Gasteiger partial charge in [-0.3, -0.25) is 0 Å². The molecule has 0 fully saturated rings. The van der Waals surface area contributed by atoms with Crippen molar-refractivity contribution in [3.05, 3.63) is 50.4 Å². The number of methoxy groups -OCH3 is 1. The monoisotopic (exact) mass is 330 g/mol. The lowest BCUT2D eigenvalue weighted by atomic mass is 10.1. The van der Waals surface area contributed by atoms with Crippen LogP contribution in [0.2, 0.25) is 0 Å². The van der Waals surface area contributed by atoms with E-state index in [1.165, 1.54) is 24.5 Å². The van der Waals surface area contributed by atoms with Gasteiger partial charge in [0.1, 0.15) is 11.6 Å². The third kappa shape index (κ3) is 2.91. The molecule has 0 aliphatic carbocycles. The van der Waals surface area contributed by atoms with E-state index >= 15 is 0 Å². The summed E-state index contributed by atoms with van der Waals surface area (Å²) in [5.41, 5.74) is 0.288. The molecule has 1 N–H and O–H groups in total. The maximum Gasteiger partial charge on any atom is 0.132 e. The number of benzene rings is 1.